The minimum absolute atomic E-state index is 0.0440. The van der Waals surface area contributed by atoms with E-state index in [-0.39, 0.29) is 17.9 Å². The van der Waals surface area contributed by atoms with E-state index in [1.807, 2.05) is 0 Å². The van der Waals surface area contributed by atoms with E-state index in [1.54, 1.807) is 0 Å². The fraction of sp³-hybridized carbons (Fsp3) is 0.857. The van der Waals surface area contributed by atoms with E-state index in [9.17, 15) is 4.79 Å². The van der Waals surface area contributed by atoms with Crippen LogP contribution in [0.3, 0.4) is 0 Å². The average molecular weight is 141 g/mol. The summed E-state index contributed by atoms with van der Waals surface area (Å²) < 4.78 is 5.32. The smallest absolute Gasteiger partial charge is 0.223 e. The molecule has 2 rings (SSSR count). The van der Waals surface area contributed by atoms with Crippen molar-refractivity contribution in [2.45, 2.75) is 18.9 Å². The van der Waals surface area contributed by atoms with E-state index in [2.05, 4.69) is 0 Å². The highest BCUT2D eigenvalue weighted by atomic mass is 16.5. The quantitative estimate of drug-likeness (QED) is 0.554. The maximum Gasteiger partial charge on any atom is 0.223 e. The lowest BCUT2D eigenvalue weighted by Gasteiger charge is -2.07. The van der Waals surface area contributed by atoms with Crippen molar-refractivity contribution in [1.82, 2.24) is 0 Å². The van der Waals surface area contributed by atoms with E-state index in [0.717, 1.165) is 19.4 Å². The predicted octanol–water partition coefficient (Wildman–Crippen LogP) is -0.103. The molecule has 0 aromatic carbocycles. The van der Waals surface area contributed by atoms with Crippen LogP contribution in [0.5, 0.6) is 0 Å². The van der Waals surface area contributed by atoms with Crippen LogP contribution in [0.4, 0.5) is 0 Å². The van der Waals surface area contributed by atoms with Gasteiger partial charge in [-0.2, -0.15) is 0 Å². The zero-order valence-electron chi connectivity index (χ0n) is 5.75. The topological polar surface area (TPSA) is 52.3 Å². The van der Waals surface area contributed by atoms with Gasteiger partial charge >= 0.3 is 0 Å². The van der Waals surface area contributed by atoms with Crippen LogP contribution >= 0.6 is 0 Å². The lowest BCUT2D eigenvalue weighted by Crippen LogP contribution is -2.16. The van der Waals surface area contributed by atoms with Crippen LogP contribution in [0.25, 0.3) is 0 Å². The summed E-state index contributed by atoms with van der Waals surface area (Å²) in [4.78, 5) is 10.7. The van der Waals surface area contributed by atoms with Crippen LogP contribution < -0.4 is 5.73 Å². The molecule has 1 saturated carbocycles. The Labute approximate surface area is 59.5 Å². The number of carbonyl (C=O) groups excluding carboxylic acids is 1. The van der Waals surface area contributed by atoms with Gasteiger partial charge in [-0.3, -0.25) is 4.79 Å². The third kappa shape index (κ3) is 0.736. The average Bonchev–Trinajstić information content (AvgIpc) is 2.60. The highest BCUT2D eigenvalue weighted by molar-refractivity contribution is 5.81. The van der Waals surface area contributed by atoms with Gasteiger partial charge in [-0.25, -0.2) is 0 Å². The van der Waals surface area contributed by atoms with Crippen LogP contribution in [-0.4, -0.2) is 18.6 Å². The maximum atomic E-state index is 10.7. The van der Waals surface area contributed by atoms with Crippen molar-refractivity contribution in [2.24, 2.45) is 17.6 Å². The van der Waals surface area contributed by atoms with Crippen LogP contribution in [0.15, 0.2) is 0 Å². The van der Waals surface area contributed by atoms with E-state index < -0.39 is 0 Å². The molecule has 0 aromatic rings. The van der Waals surface area contributed by atoms with Crippen molar-refractivity contribution < 1.29 is 9.53 Å². The van der Waals surface area contributed by atoms with Crippen molar-refractivity contribution in [3.63, 3.8) is 0 Å². The summed E-state index contributed by atoms with van der Waals surface area (Å²) in [6.45, 7) is 0.810. The Bertz CT molecular complexity index is 157. The summed E-state index contributed by atoms with van der Waals surface area (Å²) in [7, 11) is 0. The second-order valence-corrected chi connectivity index (χ2v) is 3.07. The number of amides is 1. The summed E-state index contributed by atoms with van der Waals surface area (Å²) in [6, 6.07) is 0. The first kappa shape index (κ1) is 6.16. The molecule has 2 aliphatic rings. The second kappa shape index (κ2) is 1.95. The van der Waals surface area contributed by atoms with Gasteiger partial charge in [0.05, 0.1) is 12.0 Å². The third-order valence-corrected chi connectivity index (χ3v) is 2.42. The molecule has 1 aliphatic heterocycles. The molecule has 2 fully saturated rings. The molecule has 3 atom stereocenters. The zero-order chi connectivity index (χ0) is 7.14. The molecule has 3 heteroatoms. The third-order valence-electron chi connectivity index (χ3n) is 2.42. The highest BCUT2D eigenvalue weighted by Gasteiger charge is 2.55. The van der Waals surface area contributed by atoms with E-state index in [4.69, 9.17) is 10.5 Å². The first-order valence-electron chi connectivity index (χ1n) is 3.71. The largest absolute Gasteiger partial charge is 0.377 e. The van der Waals surface area contributed by atoms with Gasteiger partial charge in [-0.1, -0.05) is 0 Å². The summed E-state index contributed by atoms with van der Waals surface area (Å²) >= 11 is 0. The number of hydrogen-bond donors (Lipinski definition) is 1. The van der Waals surface area contributed by atoms with Crippen molar-refractivity contribution in [3.8, 4) is 0 Å². The zero-order valence-corrected chi connectivity index (χ0v) is 5.75. The maximum absolute atomic E-state index is 10.7. The molecule has 56 valence electrons. The number of nitrogens with two attached hydrogens (primary N) is 1. The van der Waals surface area contributed by atoms with Crippen molar-refractivity contribution >= 4 is 5.91 Å². The number of carbonyl (C=O) groups is 1. The molecule has 3 nitrogen and oxygen atoms in total. The van der Waals surface area contributed by atoms with Crippen LogP contribution in [0.2, 0.25) is 0 Å². The van der Waals surface area contributed by atoms with E-state index in [1.165, 1.54) is 0 Å². The Morgan fingerprint density at radius 2 is 2.40 bits per heavy atom. The molecule has 0 unspecified atom stereocenters. The molecule has 10 heavy (non-hydrogen) atoms. The fourth-order valence-corrected chi connectivity index (χ4v) is 1.82. The van der Waals surface area contributed by atoms with Gasteiger partial charge in [0.15, 0.2) is 0 Å². The molecular formula is C7H11NO2. The standard InChI is InChI=1S/C7H11NO2/c8-7(9)5-4-2-1-3-10-6(4)5/h4-6H,1-3H2,(H2,8,9)/t4-,5-,6-/m0/s1. The van der Waals surface area contributed by atoms with Crippen LogP contribution in [-0.2, 0) is 9.53 Å². The molecule has 0 bridgehead atoms. The number of primary amides is 1. The Hall–Kier alpha value is -0.570. The Morgan fingerprint density at radius 1 is 1.60 bits per heavy atom. The molecule has 0 radical (unpaired) electrons. The van der Waals surface area contributed by atoms with Crippen molar-refractivity contribution in [2.75, 3.05) is 6.61 Å². The normalized spacial score (nSPS) is 44.2. The van der Waals surface area contributed by atoms with Crippen molar-refractivity contribution in [3.05, 3.63) is 0 Å². The minimum Gasteiger partial charge on any atom is -0.377 e. The molecule has 1 heterocycles. The first-order valence-corrected chi connectivity index (χ1v) is 3.71. The molecule has 1 aliphatic carbocycles. The van der Waals surface area contributed by atoms with Crippen LogP contribution in [0.1, 0.15) is 12.8 Å². The van der Waals surface area contributed by atoms with Crippen LogP contribution in [0, 0.1) is 11.8 Å². The fourth-order valence-electron chi connectivity index (χ4n) is 1.82. The molecule has 1 saturated heterocycles. The Kier molecular flexibility index (Phi) is 1.20. The minimum atomic E-state index is -0.183. The summed E-state index contributed by atoms with van der Waals surface area (Å²) in [5, 5.41) is 0. The molecule has 1 amide bonds. The van der Waals surface area contributed by atoms with Gasteiger partial charge in [-0.05, 0) is 12.8 Å². The lowest BCUT2D eigenvalue weighted by atomic mass is 10.2. The Balaban J connectivity index is 1.99. The number of hydrogen-bond acceptors (Lipinski definition) is 2. The van der Waals surface area contributed by atoms with E-state index in [0.29, 0.717) is 5.92 Å². The van der Waals surface area contributed by atoms with Gasteiger partial charge in [0.1, 0.15) is 0 Å². The SMILES string of the molecule is NC(=O)[C@H]1[C@@H]2CCCO[C@@H]21. The van der Waals surface area contributed by atoms with Gasteiger partial charge < -0.3 is 10.5 Å². The molecule has 0 spiro atoms. The first-order chi connectivity index (χ1) is 4.80. The molecule has 0 aromatic heterocycles. The summed E-state index contributed by atoms with van der Waals surface area (Å²) in [6.07, 6.45) is 2.40. The number of ether oxygens (including phenoxy) is 1. The van der Waals surface area contributed by atoms with Gasteiger partial charge in [0.2, 0.25) is 5.91 Å². The van der Waals surface area contributed by atoms with Gasteiger partial charge in [0, 0.05) is 12.5 Å². The monoisotopic (exact) mass is 141 g/mol. The van der Waals surface area contributed by atoms with Gasteiger partial charge in [0.25, 0.3) is 0 Å². The van der Waals surface area contributed by atoms with E-state index >= 15 is 0 Å². The number of rotatable bonds is 1. The van der Waals surface area contributed by atoms with Gasteiger partial charge in [-0.15, -0.1) is 0 Å². The predicted molar refractivity (Wildman–Crippen MR) is 35.1 cm³/mol. The summed E-state index contributed by atoms with van der Waals surface area (Å²) in [5.41, 5.74) is 5.14. The molecule has 2 N–H and O–H groups in total. The molecular weight excluding hydrogens is 130 g/mol. The summed E-state index contributed by atoms with van der Waals surface area (Å²) in [5.74, 6) is 0.325. The highest BCUT2D eigenvalue weighted by Crippen LogP contribution is 2.47. The second-order valence-electron chi connectivity index (χ2n) is 3.07. The van der Waals surface area contributed by atoms with Crippen molar-refractivity contribution in [1.29, 1.82) is 0 Å². The lowest BCUT2D eigenvalue weighted by molar-refractivity contribution is -0.120. The number of fused-ring (bicyclic) bond motifs is 1. The Morgan fingerprint density at radius 3 is 2.90 bits per heavy atom.